The van der Waals surface area contributed by atoms with Crippen molar-refractivity contribution in [3.8, 4) is 0 Å². The molecule has 0 atom stereocenters. The number of nitrogens with zero attached hydrogens (tertiary/aromatic N) is 2. The number of halogens is 2. The lowest BCUT2D eigenvalue weighted by Crippen LogP contribution is -2.28. The topological polar surface area (TPSA) is 93.1 Å². The Morgan fingerprint density at radius 1 is 0.966 bits per heavy atom. The van der Waals surface area contributed by atoms with Crippen LogP contribution in [0.25, 0.3) is 0 Å². The van der Waals surface area contributed by atoms with Gasteiger partial charge in [0.15, 0.2) is 0 Å². The summed E-state index contributed by atoms with van der Waals surface area (Å²) in [7, 11) is 0. The van der Waals surface area contributed by atoms with E-state index in [4.69, 9.17) is 0 Å². The van der Waals surface area contributed by atoms with E-state index in [0.717, 1.165) is 16.8 Å². The van der Waals surface area contributed by atoms with E-state index >= 15 is 0 Å². The molecule has 0 aliphatic heterocycles. The van der Waals surface area contributed by atoms with Crippen LogP contribution in [0.4, 0.5) is 20.2 Å². The van der Waals surface area contributed by atoms with E-state index in [-0.39, 0.29) is 24.3 Å². The second-order valence-corrected chi connectivity index (χ2v) is 6.02. The van der Waals surface area contributed by atoms with E-state index in [2.05, 4.69) is 15.7 Å². The minimum Gasteiger partial charge on any atom is -0.324 e. The lowest BCUT2D eigenvalue weighted by molar-refractivity contribution is -0.116. The van der Waals surface area contributed by atoms with Gasteiger partial charge in [-0.2, -0.15) is 5.10 Å². The average molecular weight is 398 g/mol. The lowest BCUT2D eigenvalue weighted by atomic mass is 10.3. The summed E-state index contributed by atoms with van der Waals surface area (Å²) in [6.07, 6.45) is -0.201. The minimum absolute atomic E-state index is 0.00144. The van der Waals surface area contributed by atoms with Crippen molar-refractivity contribution in [1.29, 1.82) is 0 Å². The number of hydrogen-bond acceptors (Lipinski definition) is 4. The number of aromatic nitrogens is 2. The first kappa shape index (κ1) is 19.9. The van der Waals surface area contributed by atoms with Crippen molar-refractivity contribution in [3.63, 3.8) is 0 Å². The number of aryl methyl sites for hydroxylation is 1. The Morgan fingerprint density at radius 2 is 1.72 bits per heavy atom. The van der Waals surface area contributed by atoms with Crippen LogP contribution >= 0.6 is 0 Å². The molecule has 0 saturated carbocycles. The number of amides is 2. The van der Waals surface area contributed by atoms with Crippen molar-refractivity contribution in [2.45, 2.75) is 13.0 Å². The summed E-state index contributed by atoms with van der Waals surface area (Å²) in [6.45, 7) is -0.125. The van der Waals surface area contributed by atoms with Crippen LogP contribution in [0.5, 0.6) is 0 Å². The van der Waals surface area contributed by atoms with Crippen LogP contribution in [0, 0.1) is 11.6 Å². The van der Waals surface area contributed by atoms with Crippen molar-refractivity contribution in [1.82, 2.24) is 9.78 Å². The molecule has 9 heteroatoms. The fraction of sp³-hybridized carbons (Fsp3) is 0.100. The van der Waals surface area contributed by atoms with Crippen molar-refractivity contribution in [2.75, 3.05) is 10.6 Å². The Bertz CT molecular complexity index is 1100. The largest absolute Gasteiger partial charge is 0.324 e. The van der Waals surface area contributed by atoms with Crippen molar-refractivity contribution in [2.24, 2.45) is 0 Å². The first-order chi connectivity index (χ1) is 13.9. The number of anilines is 2. The summed E-state index contributed by atoms with van der Waals surface area (Å²) >= 11 is 0. The van der Waals surface area contributed by atoms with Gasteiger partial charge in [-0.1, -0.05) is 18.2 Å². The summed E-state index contributed by atoms with van der Waals surface area (Å²) in [5.74, 6) is -2.78. The second-order valence-electron chi connectivity index (χ2n) is 6.02. The molecule has 0 aliphatic rings. The third-order valence-corrected chi connectivity index (χ3v) is 3.89. The minimum atomic E-state index is -0.909. The maximum atomic E-state index is 13.6. The van der Waals surface area contributed by atoms with Gasteiger partial charge in [-0.25, -0.2) is 13.5 Å². The molecule has 2 N–H and O–H groups in total. The third kappa shape index (κ3) is 5.32. The molecule has 7 nitrogen and oxygen atoms in total. The Hall–Kier alpha value is -3.88. The predicted octanol–water partition coefficient (Wildman–Crippen LogP) is 2.80. The van der Waals surface area contributed by atoms with Gasteiger partial charge in [-0.3, -0.25) is 14.4 Å². The molecule has 2 amide bonds. The van der Waals surface area contributed by atoms with Gasteiger partial charge in [0.05, 0.1) is 12.2 Å². The molecule has 0 radical (unpaired) electrons. The van der Waals surface area contributed by atoms with Crippen LogP contribution in [-0.4, -0.2) is 21.6 Å². The molecule has 1 heterocycles. The van der Waals surface area contributed by atoms with Crippen LogP contribution < -0.4 is 16.2 Å². The molecule has 1 aromatic heterocycles. The normalized spacial score (nSPS) is 10.4. The monoisotopic (exact) mass is 398 g/mol. The number of rotatable bonds is 6. The van der Waals surface area contributed by atoms with Gasteiger partial charge >= 0.3 is 0 Å². The Kier molecular flexibility index (Phi) is 6.08. The highest BCUT2D eigenvalue weighted by Gasteiger charge is 2.12. The smallest absolute Gasteiger partial charge is 0.276 e. The first-order valence-corrected chi connectivity index (χ1v) is 8.62. The molecule has 0 fully saturated rings. The quantitative estimate of drug-likeness (QED) is 0.668. The molecular weight excluding hydrogens is 382 g/mol. The van der Waals surface area contributed by atoms with Gasteiger partial charge in [0, 0.05) is 24.2 Å². The van der Waals surface area contributed by atoms with Gasteiger partial charge < -0.3 is 10.6 Å². The molecule has 0 saturated heterocycles. The Morgan fingerprint density at radius 3 is 2.45 bits per heavy atom. The summed E-state index contributed by atoms with van der Waals surface area (Å²) in [5, 5.41) is 8.90. The summed E-state index contributed by atoms with van der Waals surface area (Å²) in [4.78, 5) is 36.2. The fourth-order valence-electron chi connectivity index (χ4n) is 2.46. The van der Waals surface area contributed by atoms with Crippen LogP contribution in [0.2, 0.25) is 0 Å². The highest BCUT2D eigenvalue weighted by Crippen LogP contribution is 2.15. The summed E-state index contributed by atoms with van der Waals surface area (Å²) in [5.41, 5.74) is -0.106. The van der Waals surface area contributed by atoms with Crippen molar-refractivity contribution < 1.29 is 18.4 Å². The molecule has 0 bridgehead atoms. The lowest BCUT2D eigenvalue weighted by Gasteiger charge is -2.09. The zero-order valence-corrected chi connectivity index (χ0v) is 15.1. The zero-order chi connectivity index (χ0) is 20.8. The number of benzene rings is 2. The van der Waals surface area contributed by atoms with Crippen LogP contribution in [-0.2, 0) is 11.3 Å². The van der Waals surface area contributed by atoms with E-state index in [0.29, 0.717) is 11.8 Å². The average Bonchev–Trinajstić information content (AvgIpc) is 2.70. The molecule has 3 rings (SSSR count). The first-order valence-electron chi connectivity index (χ1n) is 8.62. The van der Waals surface area contributed by atoms with Gasteiger partial charge in [0.1, 0.15) is 17.3 Å². The number of carbonyl (C=O) groups excluding carboxylic acids is 2. The van der Waals surface area contributed by atoms with E-state index in [1.807, 2.05) is 0 Å². The van der Waals surface area contributed by atoms with Gasteiger partial charge in [-0.05, 0) is 30.3 Å². The highest BCUT2D eigenvalue weighted by atomic mass is 19.1. The van der Waals surface area contributed by atoms with Crippen LogP contribution in [0.15, 0.2) is 65.5 Å². The number of nitrogens with one attached hydrogen (secondary N) is 2. The molecule has 0 spiro atoms. The highest BCUT2D eigenvalue weighted by molar-refractivity contribution is 6.02. The number of para-hydroxylation sites is 1. The van der Waals surface area contributed by atoms with Gasteiger partial charge in [0.25, 0.3) is 11.5 Å². The maximum Gasteiger partial charge on any atom is 0.276 e. The fourth-order valence-corrected chi connectivity index (χ4v) is 2.46. The molecule has 2 aromatic carbocycles. The molecule has 0 unspecified atom stereocenters. The SMILES string of the molecule is O=C(CCn1nc(C(=O)Nc2ccccc2)ccc1=O)Nc1ccc(F)cc1F. The molecule has 29 heavy (non-hydrogen) atoms. The second kappa shape index (κ2) is 8.87. The van der Waals surface area contributed by atoms with E-state index in [1.165, 1.54) is 12.1 Å². The van der Waals surface area contributed by atoms with E-state index in [9.17, 15) is 23.2 Å². The van der Waals surface area contributed by atoms with E-state index < -0.39 is 29.0 Å². The Labute approximate surface area is 164 Å². The molecular formula is C20H16F2N4O3. The maximum absolute atomic E-state index is 13.6. The molecule has 0 aliphatic carbocycles. The van der Waals surface area contributed by atoms with Gasteiger partial charge in [0.2, 0.25) is 5.91 Å². The third-order valence-electron chi connectivity index (χ3n) is 3.89. The van der Waals surface area contributed by atoms with Crippen LogP contribution in [0.3, 0.4) is 0 Å². The standard InChI is InChI=1S/C20H16F2N4O3/c21-13-6-7-16(15(22)12-13)24-18(27)10-11-26-19(28)9-8-17(25-26)20(29)23-14-4-2-1-3-5-14/h1-9,12H,10-11H2,(H,23,29)(H,24,27). The van der Waals surface area contributed by atoms with Crippen LogP contribution in [0.1, 0.15) is 16.9 Å². The summed E-state index contributed by atoms with van der Waals surface area (Å²) < 4.78 is 27.5. The summed E-state index contributed by atoms with van der Waals surface area (Å²) in [6, 6.07) is 13.9. The Balaban J connectivity index is 1.64. The van der Waals surface area contributed by atoms with Crippen molar-refractivity contribution in [3.05, 3.63) is 88.3 Å². The van der Waals surface area contributed by atoms with Gasteiger partial charge in [-0.15, -0.1) is 0 Å². The number of carbonyl (C=O) groups is 2. The molecule has 148 valence electrons. The van der Waals surface area contributed by atoms with Crippen molar-refractivity contribution >= 4 is 23.2 Å². The predicted molar refractivity (Wildman–Crippen MR) is 102 cm³/mol. The number of hydrogen-bond donors (Lipinski definition) is 2. The molecule has 3 aromatic rings. The zero-order valence-electron chi connectivity index (χ0n) is 15.1. The van der Waals surface area contributed by atoms with E-state index in [1.54, 1.807) is 30.3 Å².